The monoisotopic (exact) mass is 405 g/mol. The number of benzene rings is 1. The van der Waals surface area contributed by atoms with Crippen molar-refractivity contribution < 1.29 is 23.4 Å². The number of hydrogen-bond donors (Lipinski definition) is 1. The molecule has 0 radical (unpaired) electrons. The number of nitrogens with one attached hydrogen (secondary N) is 1. The molecule has 0 aromatic heterocycles. The van der Waals surface area contributed by atoms with Crippen molar-refractivity contribution in [2.24, 2.45) is 0 Å². The minimum absolute atomic E-state index is 0.143. The van der Waals surface area contributed by atoms with Crippen LogP contribution in [-0.2, 0) is 25.2 Å². The van der Waals surface area contributed by atoms with E-state index < -0.39 is 20.7 Å². The molecule has 1 aromatic carbocycles. The van der Waals surface area contributed by atoms with Crippen LogP contribution in [0.3, 0.4) is 0 Å². The van der Waals surface area contributed by atoms with Crippen molar-refractivity contribution in [2.75, 3.05) is 6.61 Å². The van der Waals surface area contributed by atoms with Crippen LogP contribution < -0.4 is 5.32 Å². The van der Waals surface area contributed by atoms with Gasteiger partial charge in [0.25, 0.3) is 0 Å². The highest BCUT2D eigenvalue weighted by molar-refractivity contribution is 6.74. The van der Waals surface area contributed by atoms with Gasteiger partial charge in [-0.15, -0.1) is 0 Å². The molecule has 0 unspecified atom stereocenters. The van der Waals surface area contributed by atoms with Gasteiger partial charge >= 0.3 is 6.09 Å². The van der Waals surface area contributed by atoms with Crippen molar-refractivity contribution in [1.29, 1.82) is 0 Å². The lowest BCUT2D eigenvalue weighted by Gasteiger charge is -2.37. The Kier molecular flexibility index (Phi) is 6.29. The summed E-state index contributed by atoms with van der Waals surface area (Å²) in [7, 11) is -1.85. The van der Waals surface area contributed by atoms with Gasteiger partial charge in [-0.2, -0.15) is 0 Å². The predicted octanol–water partition coefficient (Wildman–Crippen LogP) is 3.98. The van der Waals surface area contributed by atoms with Gasteiger partial charge < -0.3 is 24.0 Å². The molecule has 154 valence electrons. The highest BCUT2D eigenvalue weighted by Crippen LogP contribution is 2.37. The van der Waals surface area contributed by atoms with Gasteiger partial charge in [0.05, 0.1) is 6.61 Å². The summed E-state index contributed by atoms with van der Waals surface area (Å²) >= 11 is 0. The second-order valence-electron chi connectivity index (χ2n) is 8.83. The molecule has 6 nitrogen and oxygen atoms in total. The van der Waals surface area contributed by atoms with Crippen LogP contribution >= 0.6 is 0 Å². The van der Waals surface area contributed by atoms with E-state index in [1.165, 1.54) is 0 Å². The van der Waals surface area contributed by atoms with E-state index in [4.69, 9.17) is 18.6 Å². The Morgan fingerprint density at radius 1 is 1.14 bits per heavy atom. The zero-order valence-corrected chi connectivity index (χ0v) is 18.3. The van der Waals surface area contributed by atoms with Crippen molar-refractivity contribution >= 4 is 14.4 Å². The fourth-order valence-corrected chi connectivity index (χ4v) is 3.85. The Labute approximate surface area is 168 Å². The highest BCUT2D eigenvalue weighted by Gasteiger charge is 2.44. The molecule has 0 spiro atoms. The van der Waals surface area contributed by atoms with Crippen molar-refractivity contribution in [3.8, 4) is 0 Å². The van der Waals surface area contributed by atoms with Crippen LogP contribution in [0.1, 0.15) is 26.3 Å². The van der Waals surface area contributed by atoms with Gasteiger partial charge in [0.2, 0.25) is 0 Å². The molecule has 28 heavy (non-hydrogen) atoms. The largest absolute Gasteiger partial charge is 0.445 e. The number of amides is 1. The summed E-state index contributed by atoms with van der Waals surface area (Å²) in [4.78, 5) is 12.1. The molecule has 4 atom stereocenters. The Balaban J connectivity index is 1.47. The van der Waals surface area contributed by atoms with E-state index in [0.717, 1.165) is 5.56 Å². The first-order valence-electron chi connectivity index (χ1n) is 9.76. The molecule has 1 fully saturated rings. The lowest BCUT2D eigenvalue weighted by atomic mass is 10.1. The summed E-state index contributed by atoms with van der Waals surface area (Å²) in [6.07, 6.45) is 2.52. The molecule has 3 rings (SSSR count). The number of fused-ring (bicyclic) bond motifs is 2. The maximum atomic E-state index is 12.1. The molecule has 7 heteroatoms. The quantitative estimate of drug-likeness (QED) is 0.573. The van der Waals surface area contributed by atoms with Crippen molar-refractivity contribution in [3.05, 3.63) is 48.0 Å². The van der Waals surface area contributed by atoms with Gasteiger partial charge in [0.15, 0.2) is 14.6 Å². The minimum atomic E-state index is -1.85. The highest BCUT2D eigenvalue weighted by atomic mass is 28.4. The number of carbonyl (C=O) groups excluding carboxylic acids is 1. The number of alkyl carbamates (subject to hydrolysis) is 1. The molecule has 0 saturated carbocycles. The SMILES string of the molecule is CC(C)(C)[Si](C)(C)OC[C@@H]1O[C@@H]2O[C@H]1C=C[C@H]2NC(=O)OCc1ccccc1. The van der Waals surface area contributed by atoms with Gasteiger partial charge in [0, 0.05) is 0 Å². The lowest BCUT2D eigenvalue weighted by molar-refractivity contribution is -0.0827. The molecule has 1 aromatic rings. The van der Waals surface area contributed by atoms with Gasteiger partial charge in [-0.3, -0.25) is 0 Å². The smallest absolute Gasteiger partial charge is 0.408 e. The molecule has 0 aliphatic carbocycles. The van der Waals surface area contributed by atoms with Gasteiger partial charge in [-0.1, -0.05) is 63.3 Å². The average Bonchev–Trinajstić information content (AvgIpc) is 2.98. The zero-order valence-electron chi connectivity index (χ0n) is 17.3. The first kappa shape index (κ1) is 21.0. The molecular weight excluding hydrogens is 374 g/mol. The summed E-state index contributed by atoms with van der Waals surface area (Å²) in [5.74, 6) is 0. The predicted molar refractivity (Wildman–Crippen MR) is 109 cm³/mol. The molecule has 1 amide bonds. The number of ether oxygens (including phenoxy) is 3. The van der Waals surface area contributed by atoms with Crippen LogP contribution in [0.4, 0.5) is 4.79 Å². The van der Waals surface area contributed by atoms with E-state index in [1.807, 2.05) is 42.5 Å². The normalized spacial score (nSPS) is 26.9. The molecule has 2 bridgehead atoms. The van der Waals surface area contributed by atoms with Crippen LogP contribution in [0.2, 0.25) is 18.1 Å². The third kappa shape index (κ3) is 5.02. The average molecular weight is 406 g/mol. The summed E-state index contributed by atoms with van der Waals surface area (Å²) in [5.41, 5.74) is 0.938. The molecule has 1 saturated heterocycles. The lowest BCUT2D eigenvalue weighted by Crippen LogP contribution is -2.44. The van der Waals surface area contributed by atoms with Crippen LogP contribution in [0.5, 0.6) is 0 Å². The summed E-state index contributed by atoms with van der Waals surface area (Å²) in [6, 6.07) is 9.19. The summed E-state index contributed by atoms with van der Waals surface area (Å²) < 4.78 is 23.5. The second-order valence-corrected chi connectivity index (χ2v) is 13.6. The minimum Gasteiger partial charge on any atom is -0.445 e. The number of rotatable bonds is 6. The van der Waals surface area contributed by atoms with Gasteiger partial charge in [-0.25, -0.2) is 4.79 Å². The van der Waals surface area contributed by atoms with E-state index in [9.17, 15) is 4.79 Å². The molecule has 2 aliphatic heterocycles. The van der Waals surface area contributed by atoms with E-state index in [1.54, 1.807) is 0 Å². The van der Waals surface area contributed by atoms with Crippen LogP contribution in [-0.4, -0.2) is 45.6 Å². The van der Waals surface area contributed by atoms with Crippen molar-refractivity contribution in [2.45, 2.75) is 70.1 Å². The molecular formula is C21H31NO5Si. The Hall–Kier alpha value is -1.67. The third-order valence-corrected chi connectivity index (χ3v) is 10.2. The maximum absolute atomic E-state index is 12.1. The van der Waals surface area contributed by atoms with E-state index >= 15 is 0 Å². The molecule has 2 aliphatic rings. The van der Waals surface area contributed by atoms with Gasteiger partial charge in [0.1, 0.15) is 24.9 Å². The Bertz CT molecular complexity index is 700. The fourth-order valence-electron chi connectivity index (χ4n) is 2.84. The van der Waals surface area contributed by atoms with Crippen molar-refractivity contribution in [1.82, 2.24) is 5.32 Å². The van der Waals surface area contributed by atoms with E-state index in [2.05, 4.69) is 39.2 Å². The second kappa shape index (κ2) is 8.37. The van der Waals surface area contributed by atoms with Crippen molar-refractivity contribution in [3.63, 3.8) is 0 Å². The first-order valence-corrected chi connectivity index (χ1v) is 12.7. The first-order chi connectivity index (χ1) is 13.2. The number of carbonyl (C=O) groups is 1. The van der Waals surface area contributed by atoms with E-state index in [0.29, 0.717) is 6.61 Å². The third-order valence-electron chi connectivity index (χ3n) is 5.68. The molecule has 2 heterocycles. The Morgan fingerprint density at radius 3 is 2.54 bits per heavy atom. The summed E-state index contributed by atoms with van der Waals surface area (Å²) in [5, 5.41) is 2.95. The van der Waals surface area contributed by atoms with E-state index in [-0.39, 0.29) is 29.9 Å². The fraction of sp³-hybridized carbons (Fsp3) is 0.571. The standard InChI is InChI=1S/C21H31NO5Si/c1-21(2,3)28(4,5)25-14-18-17-12-11-16(19(26-17)27-18)22-20(23)24-13-15-9-7-6-8-10-15/h6-12,16-19H,13-14H2,1-5H3,(H,22,23)/t16-,17+,18+,19+/m1/s1. The van der Waals surface area contributed by atoms with Crippen LogP contribution in [0, 0.1) is 0 Å². The zero-order chi connectivity index (χ0) is 20.4. The Morgan fingerprint density at radius 2 is 1.86 bits per heavy atom. The van der Waals surface area contributed by atoms with Crippen LogP contribution in [0.25, 0.3) is 0 Å². The maximum Gasteiger partial charge on any atom is 0.408 e. The number of hydrogen-bond acceptors (Lipinski definition) is 5. The molecule has 1 N–H and O–H groups in total. The topological polar surface area (TPSA) is 66.0 Å². The van der Waals surface area contributed by atoms with Gasteiger partial charge in [-0.05, 0) is 23.7 Å². The van der Waals surface area contributed by atoms with Crippen LogP contribution in [0.15, 0.2) is 42.5 Å². The summed E-state index contributed by atoms with van der Waals surface area (Å²) in [6.45, 7) is 11.8.